The van der Waals surface area contributed by atoms with Gasteiger partial charge in [0.1, 0.15) is 5.75 Å². The Morgan fingerprint density at radius 3 is 2.24 bits per heavy atom. The Morgan fingerprint density at radius 2 is 1.58 bits per heavy atom. The zero-order valence-corrected chi connectivity index (χ0v) is 22.5. The van der Waals surface area contributed by atoms with Gasteiger partial charge in [0.05, 0.1) is 4.90 Å². The molecule has 0 spiro atoms. The van der Waals surface area contributed by atoms with Crippen LogP contribution in [-0.2, 0) is 22.0 Å². The number of hydrogen-bond acceptors (Lipinski definition) is 5. The van der Waals surface area contributed by atoms with Gasteiger partial charge >= 0.3 is 0 Å². The number of para-hydroxylation sites is 1. The van der Waals surface area contributed by atoms with E-state index in [1.165, 1.54) is 24.7 Å². The average molecular weight is 528 g/mol. The molecule has 1 heterocycles. The molecule has 1 aromatic heterocycles. The lowest BCUT2D eigenvalue weighted by atomic mass is 9.75. The van der Waals surface area contributed by atoms with E-state index in [9.17, 15) is 8.42 Å². The molecular weight excluding hydrogens is 494 g/mol. The first-order valence-corrected chi connectivity index (χ1v) is 15.3. The van der Waals surface area contributed by atoms with E-state index in [4.69, 9.17) is 14.8 Å². The lowest BCUT2D eigenvalue weighted by molar-refractivity contribution is 0.00808. The predicted molar refractivity (Wildman–Crippen MR) is 148 cm³/mol. The molecule has 2 fully saturated rings. The number of aromatic nitrogens is 3. The Morgan fingerprint density at radius 1 is 0.895 bits per heavy atom. The normalized spacial score (nSPS) is 21.8. The van der Waals surface area contributed by atoms with E-state index in [0.29, 0.717) is 23.2 Å². The second-order valence-electron chi connectivity index (χ2n) is 10.8. The van der Waals surface area contributed by atoms with Crippen molar-refractivity contribution < 1.29 is 13.2 Å². The van der Waals surface area contributed by atoms with Gasteiger partial charge in [-0.15, -0.1) is 0 Å². The van der Waals surface area contributed by atoms with Gasteiger partial charge in [-0.3, -0.25) is 0 Å². The summed E-state index contributed by atoms with van der Waals surface area (Å²) in [5.41, 5.74) is 1.47. The average Bonchev–Trinajstić information content (AvgIpc) is 3.65. The van der Waals surface area contributed by atoms with E-state index in [0.717, 1.165) is 43.8 Å². The Labute approximate surface area is 224 Å². The summed E-state index contributed by atoms with van der Waals surface area (Å²) >= 11 is 0. The van der Waals surface area contributed by atoms with Gasteiger partial charge in [0.2, 0.25) is 0 Å². The third kappa shape index (κ3) is 5.25. The third-order valence-electron chi connectivity index (χ3n) is 7.85. The van der Waals surface area contributed by atoms with Crippen LogP contribution in [0.15, 0.2) is 89.8 Å². The summed E-state index contributed by atoms with van der Waals surface area (Å²) in [6.45, 7) is 0.802. The van der Waals surface area contributed by atoms with Crippen LogP contribution in [0.2, 0.25) is 0 Å². The number of ether oxygens (including phenoxy) is 1. The second kappa shape index (κ2) is 10.0. The van der Waals surface area contributed by atoms with Gasteiger partial charge in [-0.05, 0) is 80.2 Å². The summed E-state index contributed by atoms with van der Waals surface area (Å²) in [4.78, 5) is 5.38. The third-order valence-corrected chi connectivity index (χ3v) is 8.96. The predicted octanol–water partition coefficient (Wildman–Crippen LogP) is 6.39. The van der Waals surface area contributed by atoms with Crippen LogP contribution in [0.5, 0.6) is 5.75 Å². The SMILES string of the molecule is CS(=O)(=O)c1cccc(-c2nc(C3(Oc4ccccc4)CCC(c4ccccc4)CC3)n(CC3CC3)n2)c1. The maximum absolute atomic E-state index is 12.2. The monoisotopic (exact) mass is 527 g/mol. The van der Waals surface area contributed by atoms with Gasteiger partial charge in [-0.2, -0.15) is 5.10 Å². The Bertz CT molecular complexity index is 1500. The molecule has 0 amide bonds. The van der Waals surface area contributed by atoms with Crippen molar-refractivity contribution in [2.24, 2.45) is 5.92 Å². The van der Waals surface area contributed by atoms with Crippen molar-refractivity contribution in [1.29, 1.82) is 0 Å². The van der Waals surface area contributed by atoms with Gasteiger partial charge in [-0.1, -0.05) is 60.7 Å². The number of rotatable bonds is 8. The van der Waals surface area contributed by atoms with Crippen molar-refractivity contribution in [3.63, 3.8) is 0 Å². The second-order valence-corrected chi connectivity index (χ2v) is 12.8. The van der Waals surface area contributed by atoms with Gasteiger partial charge < -0.3 is 4.74 Å². The molecule has 7 heteroatoms. The van der Waals surface area contributed by atoms with Gasteiger partial charge in [0.25, 0.3) is 0 Å². The van der Waals surface area contributed by atoms with Crippen molar-refractivity contribution in [2.75, 3.05) is 6.26 Å². The molecule has 0 bridgehead atoms. The molecule has 0 aliphatic heterocycles. The lowest BCUT2D eigenvalue weighted by Gasteiger charge is -2.40. The molecule has 2 aliphatic carbocycles. The number of benzene rings is 3. The largest absolute Gasteiger partial charge is 0.479 e. The zero-order valence-electron chi connectivity index (χ0n) is 21.7. The van der Waals surface area contributed by atoms with E-state index in [-0.39, 0.29) is 4.90 Å². The van der Waals surface area contributed by atoms with Crippen molar-refractivity contribution in [1.82, 2.24) is 14.8 Å². The zero-order chi connectivity index (χ0) is 26.2. The Hall–Kier alpha value is -3.45. The lowest BCUT2D eigenvalue weighted by Crippen LogP contribution is -2.40. The molecule has 0 saturated heterocycles. The smallest absolute Gasteiger partial charge is 0.181 e. The summed E-state index contributed by atoms with van der Waals surface area (Å²) in [6, 6.07) is 27.7. The first kappa shape index (κ1) is 24.9. The Balaban J connectivity index is 1.41. The molecule has 0 radical (unpaired) electrons. The van der Waals surface area contributed by atoms with E-state index in [1.54, 1.807) is 18.2 Å². The van der Waals surface area contributed by atoms with Crippen molar-refractivity contribution in [2.45, 2.75) is 61.5 Å². The van der Waals surface area contributed by atoms with Crippen molar-refractivity contribution in [3.8, 4) is 17.1 Å². The van der Waals surface area contributed by atoms with Crippen LogP contribution < -0.4 is 4.74 Å². The van der Waals surface area contributed by atoms with Gasteiger partial charge in [0.15, 0.2) is 27.1 Å². The van der Waals surface area contributed by atoms with Crippen molar-refractivity contribution >= 4 is 9.84 Å². The summed E-state index contributed by atoms with van der Waals surface area (Å²) in [5.74, 6) is 3.30. The topological polar surface area (TPSA) is 74.1 Å². The standard InChI is InChI=1S/C31H33N3O3S/c1-38(35,36)28-14-8-11-26(21-28)29-32-30(34(33-29)22-23-15-16-23)31(37-27-12-6-3-7-13-27)19-17-25(18-20-31)24-9-4-2-5-10-24/h2-14,21,23,25H,15-20,22H2,1H3. The highest BCUT2D eigenvalue weighted by molar-refractivity contribution is 7.90. The number of sulfone groups is 1. The van der Waals surface area contributed by atoms with Crippen molar-refractivity contribution in [3.05, 3.63) is 96.3 Å². The highest BCUT2D eigenvalue weighted by Gasteiger charge is 2.44. The highest BCUT2D eigenvalue weighted by Crippen LogP contribution is 2.46. The van der Waals surface area contributed by atoms with Crippen LogP contribution in [0.3, 0.4) is 0 Å². The van der Waals surface area contributed by atoms with Crippen LogP contribution in [0.25, 0.3) is 11.4 Å². The first-order valence-electron chi connectivity index (χ1n) is 13.4. The number of hydrogen-bond donors (Lipinski definition) is 0. The molecule has 0 N–H and O–H groups in total. The van der Waals surface area contributed by atoms with E-state index in [2.05, 4.69) is 30.3 Å². The van der Waals surface area contributed by atoms with E-state index >= 15 is 0 Å². The summed E-state index contributed by atoms with van der Waals surface area (Å²) in [7, 11) is -3.34. The quantitative estimate of drug-likeness (QED) is 0.265. The fraction of sp³-hybridized carbons (Fsp3) is 0.355. The molecule has 0 unspecified atom stereocenters. The van der Waals surface area contributed by atoms with Crippen LogP contribution in [0.4, 0.5) is 0 Å². The fourth-order valence-corrected chi connectivity index (χ4v) is 6.23. The minimum Gasteiger partial charge on any atom is -0.479 e. The highest BCUT2D eigenvalue weighted by atomic mass is 32.2. The van der Waals surface area contributed by atoms with Crippen LogP contribution >= 0.6 is 0 Å². The van der Waals surface area contributed by atoms with Crippen LogP contribution in [0.1, 0.15) is 55.8 Å². The maximum Gasteiger partial charge on any atom is 0.181 e. The minimum atomic E-state index is -3.34. The minimum absolute atomic E-state index is 0.272. The summed E-state index contributed by atoms with van der Waals surface area (Å²) in [5, 5.41) is 4.95. The molecule has 2 saturated carbocycles. The number of nitrogens with zero attached hydrogens (tertiary/aromatic N) is 3. The molecule has 0 atom stereocenters. The molecule has 38 heavy (non-hydrogen) atoms. The van der Waals surface area contributed by atoms with Crippen LogP contribution in [-0.4, -0.2) is 29.4 Å². The van der Waals surface area contributed by atoms with Gasteiger partial charge in [-0.25, -0.2) is 18.1 Å². The van der Waals surface area contributed by atoms with Crippen LogP contribution in [0, 0.1) is 5.92 Å². The molecule has 3 aromatic carbocycles. The molecular formula is C31H33N3O3S. The van der Waals surface area contributed by atoms with E-state index in [1.807, 2.05) is 41.1 Å². The van der Waals surface area contributed by atoms with E-state index < -0.39 is 15.4 Å². The maximum atomic E-state index is 12.2. The molecule has 2 aliphatic rings. The molecule has 196 valence electrons. The summed E-state index contributed by atoms with van der Waals surface area (Å²) in [6.07, 6.45) is 7.26. The summed E-state index contributed by atoms with van der Waals surface area (Å²) < 4.78 is 33.4. The fourth-order valence-electron chi connectivity index (χ4n) is 5.57. The first-order chi connectivity index (χ1) is 18.4. The Kier molecular flexibility index (Phi) is 6.56. The molecule has 6 rings (SSSR count). The molecule has 6 nitrogen and oxygen atoms in total. The molecule has 4 aromatic rings. The van der Waals surface area contributed by atoms with Gasteiger partial charge in [0, 0.05) is 18.4 Å².